The summed E-state index contributed by atoms with van der Waals surface area (Å²) in [5, 5.41) is 6.19. The fraction of sp³-hybridized carbons (Fsp3) is 0.278. The molecule has 0 spiro atoms. The number of H-pyrrole nitrogens is 1. The van der Waals surface area contributed by atoms with E-state index in [1.165, 1.54) is 0 Å². The Hall–Kier alpha value is -2.89. The van der Waals surface area contributed by atoms with Crippen molar-refractivity contribution in [2.45, 2.75) is 25.8 Å². The molecule has 0 saturated carbocycles. The Morgan fingerprint density at radius 1 is 1.25 bits per heavy atom. The van der Waals surface area contributed by atoms with E-state index in [-0.39, 0.29) is 17.5 Å². The minimum Gasteiger partial charge on any atom is -0.475 e. The highest BCUT2D eigenvalue weighted by molar-refractivity contribution is 6.00. The van der Waals surface area contributed by atoms with E-state index >= 15 is 0 Å². The van der Waals surface area contributed by atoms with E-state index in [0.29, 0.717) is 24.3 Å². The van der Waals surface area contributed by atoms with Gasteiger partial charge in [0.15, 0.2) is 0 Å². The molecule has 3 aromatic rings. The van der Waals surface area contributed by atoms with Gasteiger partial charge in [-0.05, 0) is 47.9 Å². The highest BCUT2D eigenvalue weighted by Gasteiger charge is 2.21. The van der Waals surface area contributed by atoms with E-state index in [4.69, 9.17) is 4.74 Å². The van der Waals surface area contributed by atoms with Gasteiger partial charge in [0, 0.05) is 29.6 Å². The molecule has 1 aliphatic heterocycles. The number of fused-ring (bicyclic) bond motifs is 2. The first-order valence-corrected chi connectivity index (χ1v) is 7.95. The quantitative estimate of drug-likeness (QED) is 0.723. The monoisotopic (exact) mass is 323 g/mol. The Morgan fingerprint density at radius 2 is 2.12 bits per heavy atom. The lowest BCUT2D eigenvalue weighted by atomic mass is 10.0. The SMILES string of the molecule is Cc1c[nH]c(=O)c2cc3ccnc(OC[C@@H]4CCC(=O)N4)c3cc12. The van der Waals surface area contributed by atoms with Crippen molar-refractivity contribution in [3.05, 3.63) is 46.5 Å². The number of carbonyl (C=O) groups is 1. The Morgan fingerprint density at radius 3 is 2.92 bits per heavy atom. The summed E-state index contributed by atoms with van der Waals surface area (Å²) in [5.74, 6) is 0.588. The van der Waals surface area contributed by atoms with Gasteiger partial charge in [0.2, 0.25) is 11.8 Å². The largest absolute Gasteiger partial charge is 0.475 e. The smallest absolute Gasteiger partial charge is 0.255 e. The van der Waals surface area contributed by atoms with Gasteiger partial charge in [-0.25, -0.2) is 4.98 Å². The molecule has 0 aliphatic carbocycles. The summed E-state index contributed by atoms with van der Waals surface area (Å²) in [6.45, 7) is 2.35. The molecule has 6 heteroatoms. The third-order valence-corrected chi connectivity index (χ3v) is 4.46. The Labute approximate surface area is 137 Å². The molecule has 1 aromatic carbocycles. The molecule has 1 atom stereocenters. The van der Waals surface area contributed by atoms with Crippen molar-refractivity contribution in [1.82, 2.24) is 15.3 Å². The molecule has 1 saturated heterocycles. The van der Waals surface area contributed by atoms with Crippen LogP contribution in [0.1, 0.15) is 18.4 Å². The van der Waals surface area contributed by atoms with Crippen LogP contribution in [-0.2, 0) is 4.79 Å². The van der Waals surface area contributed by atoms with Gasteiger partial charge < -0.3 is 15.0 Å². The molecule has 2 aromatic heterocycles. The number of nitrogens with zero attached hydrogens (tertiary/aromatic N) is 1. The average Bonchev–Trinajstić information content (AvgIpc) is 3.00. The summed E-state index contributed by atoms with van der Waals surface area (Å²) in [7, 11) is 0. The normalized spacial score (nSPS) is 17.4. The van der Waals surface area contributed by atoms with E-state index in [0.717, 1.165) is 28.1 Å². The number of pyridine rings is 2. The van der Waals surface area contributed by atoms with Gasteiger partial charge in [-0.3, -0.25) is 9.59 Å². The number of aromatic nitrogens is 2. The van der Waals surface area contributed by atoms with E-state index in [9.17, 15) is 9.59 Å². The molecule has 6 nitrogen and oxygen atoms in total. The van der Waals surface area contributed by atoms with Gasteiger partial charge in [-0.15, -0.1) is 0 Å². The summed E-state index contributed by atoms with van der Waals surface area (Å²) in [4.78, 5) is 30.4. The van der Waals surface area contributed by atoms with Crippen LogP contribution in [0.15, 0.2) is 35.4 Å². The first kappa shape index (κ1) is 14.7. The lowest BCUT2D eigenvalue weighted by molar-refractivity contribution is -0.119. The molecule has 4 rings (SSSR count). The fourth-order valence-corrected chi connectivity index (χ4v) is 3.13. The number of rotatable bonds is 3. The van der Waals surface area contributed by atoms with Gasteiger partial charge in [0.25, 0.3) is 5.56 Å². The number of ether oxygens (including phenoxy) is 1. The van der Waals surface area contributed by atoms with Gasteiger partial charge in [-0.1, -0.05) is 0 Å². The third-order valence-electron chi connectivity index (χ3n) is 4.46. The molecule has 1 fully saturated rings. The summed E-state index contributed by atoms with van der Waals surface area (Å²) in [6, 6.07) is 5.70. The average molecular weight is 323 g/mol. The topological polar surface area (TPSA) is 84.1 Å². The highest BCUT2D eigenvalue weighted by atomic mass is 16.5. The predicted octanol–water partition coefficient (Wildman–Crippen LogP) is 2.04. The summed E-state index contributed by atoms with van der Waals surface area (Å²) in [5.41, 5.74) is 0.884. The molecule has 0 radical (unpaired) electrons. The fourth-order valence-electron chi connectivity index (χ4n) is 3.13. The Bertz CT molecular complexity index is 1010. The number of hydrogen-bond donors (Lipinski definition) is 2. The predicted molar refractivity (Wildman–Crippen MR) is 91.3 cm³/mol. The van der Waals surface area contributed by atoms with Crippen molar-refractivity contribution >= 4 is 27.5 Å². The van der Waals surface area contributed by atoms with E-state index in [1.807, 2.05) is 25.1 Å². The van der Waals surface area contributed by atoms with Crippen molar-refractivity contribution in [1.29, 1.82) is 0 Å². The number of benzene rings is 1. The minimum absolute atomic E-state index is 0.0274. The van der Waals surface area contributed by atoms with Gasteiger partial charge >= 0.3 is 0 Å². The lowest BCUT2D eigenvalue weighted by Gasteiger charge is -2.13. The molecule has 0 unspecified atom stereocenters. The second-order valence-electron chi connectivity index (χ2n) is 6.15. The van der Waals surface area contributed by atoms with Crippen LogP contribution in [0.3, 0.4) is 0 Å². The van der Waals surface area contributed by atoms with Crippen LogP contribution in [-0.4, -0.2) is 28.5 Å². The van der Waals surface area contributed by atoms with Crippen molar-refractivity contribution in [2.24, 2.45) is 0 Å². The molecule has 122 valence electrons. The minimum atomic E-state index is -0.106. The molecule has 1 aliphatic rings. The van der Waals surface area contributed by atoms with Crippen LogP contribution in [0.5, 0.6) is 5.88 Å². The number of nitrogens with one attached hydrogen (secondary N) is 2. The van der Waals surface area contributed by atoms with Crippen molar-refractivity contribution in [3.8, 4) is 5.88 Å². The maximum atomic E-state index is 12.0. The van der Waals surface area contributed by atoms with E-state index < -0.39 is 0 Å². The standard InChI is InChI=1S/C18H17N3O3/c1-10-8-20-17(23)15-6-11-4-5-19-18(14(11)7-13(10)15)24-9-12-2-3-16(22)21-12/h4-8,12H,2-3,9H2,1H3,(H,20,23)(H,21,22)/t12-/m0/s1. The lowest BCUT2D eigenvalue weighted by Crippen LogP contribution is -2.31. The molecule has 2 N–H and O–H groups in total. The zero-order valence-corrected chi connectivity index (χ0v) is 13.3. The highest BCUT2D eigenvalue weighted by Crippen LogP contribution is 2.28. The van der Waals surface area contributed by atoms with E-state index in [2.05, 4.69) is 15.3 Å². The second kappa shape index (κ2) is 5.63. The first-order valence-electron chi connectivity index (χ1n) is 7.95. The number of carbonyl (C=O) groups excluding carboxylic acids is 1. The van der Waals surface area contributed by atoms with Crippen LogP contribution >= 0.6 is 0 Å². The summed E-state index contributed by atoms with van der Waals surface area (Å²) in [6.07, 6.45) is 4.70. The van der Waals surface area contributed by atoms with Gasteiger partial charge in [0.05, 0.1) is 6.04 Å². The molecule has 1 amide bonds. The van der Waals surface area contributed by atoms with Crippen LogP contribution in [0, 0.1) is 6.92 Å². The third kappa shape index (κ3) is 2.50. The Kier molecular flexibility index (Phi) is 3.45. The summed E-state index contributed by atoms with van der Waals surface area (Å²) < 4.78 is 5.86. The zero-order chi connectivity index (χ0) is 16.7. The maximum absolute atomic E-state index is 12.0. The van der Waals surface area contributed by atoms with Gasteiger partial charge in [0.1, 0.15) is 6.61 Å². The number of amides is 1. The zero-order valence-electron chi connectivity index (χ0n) is 13.3. The van der Waals surface area contributed by atoms with Crippen molar-refractivity contribution in [3.63, 3.8) is 0 Å². The van der Waals surface area contributed by atoms with Crippen molar-refractivity contribution < 1.29 is 9.53 Å². The number of aromatic amines is 1. The molecular formula is C18H17N3O3. The number of hydrogen-bond acceptors (Lipinski definition) is 4. The van der Waals surface area contributed by atoms with Crippen LogP contribution in [0.2, 0.25) is 0 Å². The maximum Gasteiger partial charge on any atom is 0.255 e. The Balaban J connectivity index is 1.76. The molecule has 24 heavy (non-hydrogen) atoms. The molecule has 0 bridgehead atoms. The summed E-state index contributed by atoms with van der Waals surface area (Å²) >= 11 is 0. The van der Waals surface area contributed by atoms with E-state index in [1.54, 1.807) is 12.4 Å². The van der Waals surface area contributed by atoms with Crippen LogP contribution in [0.4, 0.5) is 0 Å². The molecular weight excluding hydrogens is 306 g/mol. The molecule has 3 heterocycles. The first-order chi connectivity index (χ1) is 11.6. The van der Waals surface area contributed by atoms with Crippen LogP contribution in [0.25, 0.3) is 21.5 Å². The van der Waals surface area contributed by atoms with Gasteiger partial charge in [-0.2, -0.15) is 0 Å². The number of aryl methyl sites for hydroxylation is 1. The van der Waals surface area contributed by atoms with Crippen LogP contribution < -0.4 is 15.6 Å². The second-order valence-corrected chi connectivity index (χ2v) is 6.15. The van der Waals surface area contributed by atoms with Crippen molar-refractivity contribution in [2.75, 3.05) is 6.61 Å².